The minimum atomic E-state index is -1.41. The highest BCUT2D eigenvalue weighted by Gasteiger charge is 2.13. The quantitative estimate of drug-likeness (QED) is 0.600. The highest BCUT2D eigenvalue weighted by atomic mass is 16.4. The first-order chi connectivity index (χ1) is 5.68. The van der Waals surface area contributed by atoms with E-state index in [4.69, 9.17) is 5.11 Å². The molecule has 0 bridgehead atoms. The van der Waals surface area contributed by atoms with Gasteiger partial charge < -0.3 is 5.11 Å². The maximum Gasteiger partial charge on any atom is 0.336 e. The van der Waals surface area contributed by atoms with Crippen LogP contribution in [0.5, 0.6) is 0 Å². The van der Waals surface area contributed by atoms with Crippen LogP contribution in [0.1, 0.15) is 45.4 Å². The number of carbonyl (C=O) groups is 1. The summed E-state index contributed by atoms with van der Waals surface area (Å²) in [5.74, 6) is -1.22. The molecule has 12 heavy (non-hydrogen) atoms. The van der Waals surface area contributed by atoms with Gasteiger partial charge in [-0.1, -0.05) is 39.0 Å². The zero-order chi connectivity index (χ0) is 9.40. The molecular formula is C9H17O3. The third-order valence-electron chi connectivity index (χ3n) is 1.85. The maximum atomic E-state index is 10.7. The number of carboxylic acids is 1. The van der Waals surface area contributed by atoms with Gasteiger partial charge in [-0.2, -0.15) is 0 Å². The molecule has 0 fully saturated rings. The van der Waals surface area contributed by atoms with Crippen LogP contribution >= 0.6 is 0 Å². The number of carboxylic acid groups (broad SMARTS) is 1. The zero-order valence-electron chi connectivity index (χ0n) is 7.58. The largest absolute Gasteiger partial charge is 0.479 e. The van der Waals surface area contributed by atoms with Gasteiger partial charge in [-0.25, -0.2) is 9.90 Å². The van der Waals surface area contributed by atoms with Gasteiger partial charge in [0.15, 0.2) is 6.10 Å². The van der Waals surface area contributed by atoms with E-state index in [0.717, 1.165) is 19.3 Å². The Bertz CT molecular complexity index is 123. The Labute approximate surface area is 73.4 Å². The molecule has 0 rings (SSSR count). The van der Waals surface area contributed by atoms with Crippen LogP contribution in [0, 0.1) is 0 Å². The second-order valence-corrected chi connectivity index (χ2v) is 3.03. The second kappa shape index (κ2) is 7.10. The highest BCUT2D eigenvalue weighted by Crippen LogP contribution is 2.07. The van der Waals surface area contributed by atoms with Gasteiger partial charge in [0, 0.05) is 0 Å². The summed E-state index contributed by atoms with van der Waals surface area (Å²) >= 11 is 0. The summed E-state index contributed by atoms with van der Waals surface area (Å²) in [4.78, 5) is 10.1. The van der Waals surface area contributed by atoms with Crippen LogP contribution in [0.2, 0.25) is 0 Å². The summed E-state index contributed by atoms with van der Waals surface area (Å²) in [5.41, 5.74) is 0. The molecule has 1 N–H and O–H groups in total. The van der Waals surface area contributed by atoms with Crippen LogP contribution in [-0.4, -0.2) is 17.2 Å². The van der Waals surface area contributed by atoms with Crippen molar-refractivity contribution in [1.29, 1.82) is 0 Å². The molecule has 3 heteroatoms. The fraction of sp³-hybridized carbons (Fsp3) is 0.889. The van der Waals surface area contributed by atoms with Crippen molar-refractivity contribution < 1.29 is 15.0 Å². The first-order valence-electron chi connectivity index (χ1n) is 4.57. The van der Waals surface area contributed by atoms with Gasteiger partial charge in [-0.3, -0.25) is 0 Å². The molecule has 1 atom stereocenters. The van der Waals surface area contributed by atoms with E-state index in [0.29, 0.717) is 0 Å². The molecule has 0 saturated carbocycles. The van der Waals surface area contributed by atoms with Crippen LogP contribution in [0.25, 0.3) is 0 Å². The predicted octanol–water partition coefficient (Wildman–Crippen LogP) is 2.23. The second-order valence-electron chi connectivity index (χ2n) is 3.03. The minimum absolute atomic E-state index is 0.277. The van der Waals surface area contributed by atoms with Gasteiger partial charge in [0.25, 0.3) is 0 Å². The van der Waals surface area contributed by atoms with E-state index in [1.165, 1.54) is 12.8 Å². The summed E-state index contributed by atoms with van der Waals surface area (Å²) in [7, 11) is 0. The highest BCUT2D eigenvalue weighted by molar-refractivity contribution is 5.71. The number of rotatable bonds is 7. The van der Waals surface area contributed by atoms with Gasteiger partial charge in [-0.05, 0) is 6.42 Å². The molecule has 1 radical (unpaired) electrons. The van der Waals surface area contributed by atoms with E-state index >= 15 is 0 Å². The molecule has 0 aliphatic rings. The minimum Gasteiger partial charge on any atom is -0.479 e. The molecule has 0 spiro atoms. The van der Waals surface area contributed by atoms with Crippen LogP contribution < -0.4 is 0 Å². The first kappa shape index (κ1) is 11.4. The summed E-state index contributed by atoms with van der Waals surface area (Å²) < 4.78 is 0. The number of unbranched alkanes of at least 4 members (excludes halogenated alkanes) is 4. The van der Waals surface area contributed by atoms with E-state index in [1.54, 1.807) is 0 Å². The van der Waals surface area contributed by atoms with Gasteiger partial charge in [0.2, 0.25) is 0 Å². The van der Waals surface area contributed by atoms with E-state index in [1.807, 2.05) is 0 Å². The van der Waals surface area contributed by atoms with Crippen molar-refractivity contribution in [2.45, 2.75) is 51.6 Å². The van der Waals surface area contributed by atoms with E-state index in [-0.39, 0.29) is 6.42 Å². The van der Waals surface area contributed by atoms with Crippen molar-refractivity contribution in [1.82, 2.24) is 0 Å². The van der Waals surface area contributed by atoms with E-state index in [9.17, 15) is 9.90 Å². The summed E-state index contributed by atoms with van der Waals surface area (Å²) in [6.45, 7) is 2.12. The Hall–Kier alpha value is -0.570. The molecule has 0 saturated heterocycles. The lowest BCUT2D eigenvalue weighted by Crippen LogP contribution is -2.17. The molecule has 3 nitrogen and oxygen atoms in total. The molecule has 0 aromatic rings. The van der Waals surface area contributed by atoms with E-state index < -0.39 is 12.1 Å². The first-order valence-corrected chi connectivity index (χ1v) is 4.57. The molecular weight excluding hydrogens is 156 g/mol. The Balaban J connectivity index is 3.14. The number of aliphatic carboxylic acids is 1. The van der Waals surface area contributed by atoms with Gasteiger partial charge in [0.05, 0.1) is 0 Å². The lowest BCUT2D eigenvalue weighted by Gasteiger charge is -2.01. The molecule has 0 aliphatic carbocycles. The number of hydrogen-bond donors (Lipinski definition) is 1. The van der Waals surface area contributed by atoms with Gasteiger partial charge in [0.1, 0.15) is 0 Å². The van der Waals surface area contributed by atoms with Crippen LogP contribution in [0.4, 0.5) is 0 Å². The summed E-state index contributed by atoms with van der Waals surface area (Å²) in [5, 5.41) is 18.9. The molecule has 0 aromatic carbocycles. The van der Waals surface area contributed by atoms with Crippen LogP contribution in [0.15, 0.2) is 0 Å². The van der Waals surface area contributed by atoms with Crippen LogP contribution in [0.3, 0.4) is 0 Å². The number of hydrogen-bond acceptors (Lipinski definition) is 1. The molecule has 71 valence electrons. The monoisotopic (exact) mass is 173 g/mol. The average Bonchev–Trinajstić information content (AvgIpc) is 2.03. The molecule has 0 heterocycles. The fourth-order valence-electron chi connectivity index (χ4n) is 1.06. The molecule has 1 unspecified atom stereocenters. The standard InChI is InChI=1S/C9H17O3/c1-2-3-4-5-6-7-8(10)9(11)12/h8H,2-7H2,1H3,(H,11,12). The van der Waals surface area contributed by atoms with Crippen molar-refractivity contribution in [2.24, 2.45) is 0 Å². The third-order valence-corrected chi connectivity index (χ3v) is 1.85. The average molecular weight is 173 g/mol. The Morgan fingerprint density at radius 1 is 1.25 bits per heavy atom. The lowest BCUT2D eigenvalue weighted by atomic mass is 10.1. The zero-order valence-corrected chi connectivity index (χ0v) is 7.58. The molecule has 0 amide bonds. The van der Waals surface area contributed by atoms with Crippen molar-refractivity contribution in [3.8, 4) is 0 Å². The Kier molecular flexibility index (Phi) is 6.76. The summed E-state index contributed by atoms with van der Waals surface area (Å²) in [6.07, 6.45) is 4.06. The van der Waals surface area contributed by atoms with Crippen molar-refractivity contribution in [3.63, 3.8) is 0 Å². The summed E-state index contributed by atoms with van der Waals surface area (Å²) in [6, 6.07) is 0. The van der Waals surface area contributed by atoms with Gasteiger partial charge in [-0.15, -0.1) is 0 Å². The normalized spacial score (nSPS) is 12.8. The lowest BCUT2D eigenvalue weighted by molar-refractivity contribution is -0.150. The van der Waals surface area contributed by atoms with Crippen LogP contribution in [-0.2, 0) is 9.90 Å². The Morgan fingerprint density at radius 2 is 1.83 bits per heavy atom. The SMILES string of the molecule is CCCCCCCC([O])C(=O)O. The molecule has 0 aromatic heterocycles. The topological polar surface area (TPSA) is 57.2 Å². The smallest absolute Gasteiger partial charge is 0.336 e. The Morgan fingerprint density at radius 3 is 2.33 bits per heavy atom. The van der Waals surface area contributed by atoms with Gasteiger partial charge >= 0.3 is 5.97 Å². The van der Waals surface area contributed by atoms with Crippen molar-refractivity contribution in [3.05, 3.63) is 0 Å². The third kappa shape index (κ3) is 6.16. The maximum absolute atomic E-state index is 10.7. The molecule has 0 aliphatic heterocycles. The fourth-order valence-corrected chi connectivity index (χ4v) is 1.06. The van der Waals surface area contributed by atoms with E-state index in [2.05, 4.69) is 6.92 Å². The van der Waals surface area contributed by atoms with Crippen molar-refractivity contribution >= 4 is 5.97 Å². The predicted molar refractivity (Wildman–Crippen MR) is 45.5 cm³/mol. The van der Waals surface area contributed by atoms with Crippen molar-refractivity contribution in [2.75, 3.05) is 0 Å².